The molecule has 0 aromatic heterocycles. The summed E-state index contributed by atoms with van der Waals surface area (Å²) in [4.78, 5) is -0.621. The first-order valence-electron chi connectivity index (χ1n) is 8.99. The van der Waals surface area contributed by atoms with E-state index < -0.39 is 15.0 Å². The summed E-state index contributed by atoms with van der Waals surface area (Å²) in [5.74, 6) is 0. The number of hydrogen-bond donors (Lipinski definition) is 4. The van der Waals surface area contributed by atoms with E-state index in [1.807, 2.05) is 6.92 Å². The first-order chi connectivity index (χ1) is 14.7. The minimum atomic E-state index is -4.70. The van der Waals surface area contributed by atoms with E-state index in [2.05, 4.69) is 20.5 Å². The van der Waals surface area contributed by atoms with Crippen molar-refractivity contribution >= 4 is 44.2 Å². The van der Waals surface area contributed by atoms with Gasteiger partial charge in [0.15, 0.2) is 0 Å². The second kappa shape index (κ2) is 9.00. The van der Waals surface area contributed by atoms with E-state index in [0.29, 0.717) is 16.9 Å². The molecule has 0 saturated carbocycles. The molecule has 11 heteroatoms. The molecule has 0 aliphatic carbocycles. The van der Waals surface area contributed by atoms with Crippen LogP contribution in [-0.2, 0) is 16.7 Å². The zero-order chi connectivity index (χ0) is 22.6. The molecule has 0 aliphatic heterocycles. The number of aliphatic hydroxyl groups excluding tert-OH is 1. The van der Waals surface area contributed by atoms with Crippen LogP contribution < -0.4 is 11.5 Å². The zero-order valence-corrected chi connectivity index (χ0v) is 17.3. The molecule has 0 heterocycles. The van der Waals surface area contributed by atoms with Crippen LogP contribution in [0.3, 0.4) is 0 Å². The Kier molecular flexibility index (Phi) is 6.39. The molecule has 160 valence electrons. The molecular weight excluding hydrogens is 420 g/mol. The van der Waals surface area contributed by atoms with Crippen LogP contribution in [0.1, 0.15) is 11.1 Å². The van der Waals surface area contributed by atoms with Crippen molar-refractivity contribution in [1.29, 1.82) is 0 Å². The van der Waals surface area contributed by atoms with Gasteiger partial charge in [0.2, 0.25) is 0 Å². The number of rotatable bonds is 6. The average Bonchev–Trinajstić information content (AvgIpc) is 2.73. The van der Waals surface area contributed by atoms with Crippen molar-refractivity contribution in [3.8, 4) is 0 Å². The van der Waals surface area contributed by atoms with Crippen LogP contribution in [0, 0.1) is 6.92 Å². The molecule has 0 atom stereocenters. The molecule has 0 fully saturated rings. The third kappa shape index (κ3) is 5.09. The fraction of sp³-hybridized carbons (Fsp3) is 0.100. The van der Waals surface area contributed by atoms with Crippen molar-refractivity contribution in [2.45, 2.75) is 18.4 Å². The van der Waals surface area contributed by atoms with E-state index in [4.69, 9.17) is 11.5 Å². The third-order valence-corrected chi connectivity index (χ3v) is 5.19. The number of benzene rings is 3. The summed E-state index contributed by atoms with van der Waals surface area (Å²) in [5, 5.41) is 25.6. The number of nitrogen functional groups attached to an aromatic ring is 2. The molecule has 3 aromatic rings. The number of nitrogens with zero attached hydrogens (tertiary/aromatic N) is 4. The molecule has 6 N–H and O–H groups in total. The lowest BCUT2D eigenvalue weighted by Crippen LogP contribution is -2.05. The van der Waals surface area contributed by atoms with Gasteiger partial charge in [-0.3, -0.25) is 4.55 Å². The predicted octanol–water partition coefficient (Wildman–Crippen LogP) is 4.73. The van der Waals surface area contributed by atoms with Crippen LogP contribution in [0.15, 0.2) is 79.9 Å². The van der Waals surface area contributed by atoms with Gasteiger partial charge in [0, 0.05) is 5.56 Å². The Morgan fingerprint density at radius 3 is 2.19 bits per heavy atom. The van der Waals surface area contributed by atoms with Gasteiger partial charge in [-0.2, -0.15) is 18.6 Å². The Labute approximate surface area is 178 Å². The van der Waals surface area contributed by atoms with E-state index in [-0.39, 0.29) is 29.4 Å². The summed E-state index contributed by atoms with van der Waals surface area (Å²) in [7, 11) is -4.70. The molecule has 0 spiro atoms. The number of nitrogens with two attached hydrogens (primary N) is 2. The van der Waals surface area contributed by atoms with Gasteiger partial charge in [0.05, 0.1) is 29.4 Å². The molecule has 0 amide bonds. The zero-order valence-electron chi connectivity index (χ0n) is 16.5. The van der Waals surface area contributed by atoms with Gasteiger partial charge in [-0.05, 0) is 36.8 Å². The summed E-state index contributed by atoms with van der Waals surface area (Å²) in [6.07, 6.45) is 0. The second-order valence-corrected chi connectivity index (χ2v) is 7.96. The van der Waals surface area contributed by atoms with Crippen LogP contribution in [-0.4, -0.2) is 18.1 Å². The van der Waals surface area contributed by atoms with E-state index in [0.717, 1.165) is 11.6 Å². The maximum Gasteiger partial charge on any atom is 0.296 e. The minimum Gasteiger partial charge on any atom is -0.396 e. The minimum absolute atomic E-state index is 0.0637. The molecule has 0 saturated heterocycles. The number of azo groups is 2. The SMILES string of the molecule is Cc1ccc(CO)c(N=Nc2c(N)c(N=Nc3ccccc3)cc(S(=O)(=O)O)c2N)c1. The average molecular weight is 440 g/mol. The fourth-order valence-electron chi connectivity index (χ4n) is 2.68. The molecule has 3 aromatic carbocycles. The topological polar surface area (TPSA) is 176 Å². The number of aliphatic hydroxyl groups is 1. The lowest BCUT2D eigenvalue weighted by molar-refractivity contribution is 0.282. The highest BCUT2D eigenvalue weighted by Gasteiger charge is 2.22. The first-order valence-corrected chi connectivity index (χ1v) is 10.4. The summed E-state index contributed by atoms with van der Waals surface area (Å²) in [6, 6.07) is 14.9. The van der Waals surface area contributed by atoms with Crippen LogP contribution >= 0.6 is 0 Å². The largest absolute Gasteiger partial charge is 0.396 e. The first kappa shape index (κ1) is 22.0. The monoisotopic (exact) mass is 440 g/mol. The summed E-state index contributed by atoms with van der Waals surface area (Å²) in [6.45, 7) is 1.56. The number of aryl methyl sites for hydroxylation is 1. The van der Waals surface area contributed by atoms with E-state index in [1.165, 1.54) is 0 Å². The fourth-order valence-corrected chi connectivity index (χ4v) is 3.31. The molecular formula is C20H20N6O4S. The highest BCUT2D eigenvalue weighted by molar-refractivity contribution is 7.86. The van der Waals surface area contributed by atoms with Gasteiger partial charge in [-0.15, -0.1) is 10.2 Å². The quantitative estimate of drug-likeness (QED) is 0.244. The van der Waals surface area contributed by atoms with E-state index in [9.17, 15) is 18.1 Å². The molecule has 3 rings (SSSR count). The van der Waals surface area contributed by atoms with Gasteiger partial charge in [-0.1, -0.05) is 30.3 Å². The van der Waals surface area contributed by atoms with E-state index >= 15 is 0 Å². The third-order valence-electron chi connectivity index (χ3n) is 4.30. The number of anilines is 2. The summed E-state index contributed by atoms with van der Waals surface area (Å²) < 4.78 is 33.2. The molecule has 0 radical (unpaired) electrons. The molecule has 0 unspecified atom stereocenters. The van der Waals surface area contributed by atoms with Gasteiger partial charge in [-0.25, -0.2) is 0 Å². The highest BCUT2D eigenvalue weighted by Crippen LogP contribution is 2.43. The lowest BCUT2D eigenvalue weighted by Gasteiger charge is -2.10. The Bertz CT molecular complexity index is 1270. The van der Waals surface area contributed by atoms with Gasteiger partial charge >= 0.3 is 0 Å². The lowest BCUT2D eigenvalue weighted by atomic mass is 10.1. The van der Waals surface area contributed by atoms with Crippen molar-refractivity contribution in [3.63, 3.8) is 0 Å². The number of hydrogen-bond acceptors (Lipinski definition) is 9. The molecule has 10 nitrogen and oxygen atoms in total. The predicted molar refractivity (Wildman–Crippen MR) is 117 cm³/mol. The van der Waals surface area contributed by atoms with Crippen molar-refractivity contribution in [2.75, 3.05) is 11.5 Å². The molecule has 31 heavy (non-hydrogen) atoms. The normalized spacial score (nSPS) is 12.1. The highest BCUT2D eigenvalue weighted by atomic mass is 32.2. The Balaban J connectivity index is 2.15. The van der Waals surface area contributed by atoms with Crippen LogP contribution in [0.4, 0.5) is 34.1 Å². The smallest absolute Gasteiger partial charge is 0.296 e. The van der Waals surface area contributed by atoms with Gasteiger partial charge in [0.1, 0.15) is 16.3 Å². The molecule has 0 aliphatic rings. The van der Waals surface area contributed by atoms with Crippen LogP contribution in [0.5, 0.6) is 0 Å². The second-order valence-electron chi connectivity index (χ2n) is 6.57. The van der Waals surface area contributed by atoms with Crippen LogP contribution in [0.2, 0.25) is 0 Å². The maximum absolute atomic E-state index is 11.8. The Morgan fingerprint density at radius 2 is 1.55 bits per heavy atom. The van der Waals surface area contributed by atoms with Crippen molar-refractivity contribution in [3.05, 3.63) is 65.7 Å². The van der Waals surface area contributed by atoms with Crippen LogP contribution in [0.25, 0.3) is 0 Å². The maximum atomic E-state index is 11.8. The van der Waals surface area contributed by atoms with Crippen molar-refractivity contribution in [1.82, 2.24) is 0 Å². The van der Waals surface area contributed by atoms with Crippen molar-refractivity contribution in [2.24, 2.45) is 20.5 Å². The van der Waals surface area contributed by atoms with Gasteiger partial charge in [0.25, 0.3) is 10.1 Å². The van der Waals surface area contributed by atoms with Crippen molar-refractivity contribution < 1.29 is 18.1 Å². The standard InChI is InChI=1S/C20H20N6O4S/c1-12-7-8-13(11-27)15(9-12)24-26-20-18(21)16(10-17(19(20)22)31(28,29)30)25-23-14-5-3-2-4-6-14/h2-10,27H,11,21-22H2,1H3,(H,28,29,30). The molecule has 0 bridgehead atoms. The van der Waals surface area contributed by atoms with Gasteiger partial charge < -0.3 is 16.6 Å². The Morgan fingerprint density at radius 1 is 0.871 bits per heavy atom. The van der Waals surface area contributed by atoms with E-state index in [1.54, 1.807) is 48.5 Å². The Hall–Kier alpha value is -3.67. The summed E-state index contributed by atoms with van der Waals surface area (Å²) >= 11 is 0. The summed E-state index contributed by atoms with van der Waals surface area (Å²) in [5.41, 5.74) is 13.5.